The highest BCUT2D eigenvalue weighted by molar-refractivity contribution is 5.72. The zero-order valence-corrected chi connectivity index (χ0v) is 31.2. The van der Waals surface area contributed by atoms with Gasteiger partial charge in [-0.3, -0.25) is 4.79 Å². The molecule has 0 unspecified atom stereocenters. The van der Waals surface area contributed by atoms with E-state index < -0.39 is 0 Å². The van der Waals surface area contributed by atoms with Crippen LogP contribution >= 0.6 is 0 Å². The molecule has 1 aromatic carbocycles. The van der Waals surface area contributed by atoms with Crippen LogP contribution in [-0.2, 0) is 4.79 Å². The first-order valence-electron chi connectivity index (χ1n) is 21.1. The summed E-state index contributed by atoms with van der Waals surface area (Å²) in [6.07, 6.45) is 50.4. The van der Waals surface area contributed by atoms with Gasteiger partial charge in [-0.15, -0.1) is 0 Å². The zero-order chi connectivity index (χ0) is 32.9. The molecular formula is C44H80O2. The Labute approximate surface area is 289 Å². The summed E-state index contributed by atoms with van der Waals surface area (Å²) in [5, 5.41) is 0. The van der Waals surface area contributed by atoms with E-state index in [1.54, 1.807) is 0 Å². The number of esters is 1. The van der Waals surface area contributed by atoms with Crippen molar-refractivity contribution in [3.63, 3.8) is 0 Å². The quantitative estimate of drug-likeness (QED) is 0.0411. The van der Waals surface area contributed by atoms with Crippen molar-refractivity contribution in [2.24, 2.45) is 0 Å². The number of ether oxygens (including phenoxy) is 1. The number of hydrogen-bond donors (Lipinski definition) is 0. The van der Waals surface area contributed by atoms with Gasteiger partial charge in [-0.05, 0) is 18.6 Å². The molecule has 0 bridgehead atoms. The molecule has 0 heterocycles. The van der Waals surface area contributed by atoms with Crippen molar-refractivity contribution in [2.45, 2.75) is 238 Å². The van der Waals surface area contributed by atoms with Gasteiger partial charge in [0, 0.05) is 6.42 Å². The number of rotatable bonds is 37. The SMILES string of the molecule is CCCCCCCCCCCCCCCCCCCCCCCCCCCCCCCCCCCCCC(=O)Oc1ccccc1. The second-order valence-corrected chi connectivity index (χ2v) is 14.6. The molecule has 1 aromatic rings. The van der Waals surface area contributed by atoms with Crippen molar-refractivity contribution in [3.8, 4) is 5.75 Å². The molecule has 0 aromatic heterocycles. The van der Waals surface area contributed by atoms with E-state index in [-0.39, 0.29) is 5.97 Å². The van der Waals surface area contributed by atoms with Crippen LogP contribution < -0.4 is 4.74 Å². The van der Waals surface area contributed by atoms with E-state index in [2.05, 4.69) is 6.92 Å². The largest absolute Gasteiger partial charge is 0.427 e. The summed E-state index contributed by atoms with van der Waals surface area (Å²) < 4.78 is 5.35. The smallest absolute Gasteiger partial charge is 0.311 e. The van der Waals surface area contributed by atoms with Gasteiger partial charge in [0.1, 0.15) is 5.75 Å². The lowest BCUT2D eigenvalue weighted by Crippen LogP contribution is -2.07. The van der Waals surface area contributed by atoms with Crippen LogP contribution in [0.3, 0.4) is 0 Å². The highest BCUT2D eigenvalue weighted by Gasteiger charge is 2.04. The Morgan fingerprint density at radius 3 is 0.870 bits per heavy atom. The maximum absolute atomic E-state index is 11.9. The standard InChI is InChI=1S/C44H80O2/c1-2-3-4-5-6-7-8-9-10-11-12-13-14-15-16-17-18-19-20-21-22-23-24-25-26-27-28-29-30-31-32-33-34-35-39-42-44(45)46-43-40-37-36-38-41-43/h36-38,40-41H,2-35,39,42H2,1H3. The normalized spacial score (nSPS) is 11.3. The first-order chi connectivity index (χ1) is 22.8. The van der Waals surface area contributed by atoms with Gasteiger partial charge in [-0.1, -0.05) is 243 Å². The van der Waals surface area contributed by atoms with Crippen LogP contribution in [0, 0.1) is 0 Å². The van der Waals surface area contributed by atoms with Gasteiger partial charge < -0.3 is 4.74 Å². The number of unbranched alkanes of at least 4 members (excludes halogenated alkanes) is 34. The van der Waals surface area contributed by atoms with Gasteiger partial charge >= 0.3 is 5.97 Å². The van der Waals surface area contributed by atoms with Crippen molar-refractivity contribution in [1.82, 2.24) is 0 Å². The molecule has 46 heavy (non-hydrogen) atoms. The van der Waals surface area contributed by atoms with E-state index in [1.165, 1.54) is 212 Å². The van der Waals surface area contributed by atoms with Gasteiger partial charge in [-0.25, -0.2) is 0 Å². The lowest BCUT2D eigenvalue weighted by molar-refractivity contribution is -0.134. The number of para-hydroxylation sites is 1. The predicted molar refractivity (Wildman–Crippen MR) is 204 cm³/mol. The molecule has 0 aliphatic heterocycles. The molecule has 0 spiro atoms. The second kappa shape index (κ2) is 36.5. The maximum Gasteiger partial charge on any atom is 0.311 e. The summed E-state index contributed by atoms with van der Waals surface area (Å²) in [6.45, 7) is 2.31. The molecule has 0 aliphatic rings. The topological polar surface area (TPSA) is 26.3 Å². The Morgan fingerprint density at radius 2 is 0.609 bits per heavy atom. The van der Waals surface area contributed by atoms with Gasteiger partial charge in [0.15, 0.2) is 0 Å². The fourth-order valence-electron chi connectivity index (χ4n) is 6.85. The van der Waals surface area contributed by atoms with E-state index >= 15 is 0 Å². The number of carbonyl (C=O) groups is 1. The predicted octanol–water partition coefficient (Wildman–Crippen LogP) is 15.7. The van der Waals surface area contributed by atoms with Crippen LogP contribution in [0.4, 0.5) is 0 Å². The van der Waals surface area contributed by atoms with Crippen LogP contribution in [0.1, 0.15) is 238 Å². The fraction of sp³-hybridized carbons (Fsp3) is 0.841. The third kappa shape index (κ3) is 32.6. The number of benzene rings is 1. The third-order valence-corrected chi connectivity index (χ3v) is 9.96. The van der Waals surface area contributed by atoms with Crippen molar-refractivity contribution < 1.29 is 9.53 Å². The first kappa shape index (κ1) is 42.7. The van der Waals surface area contributed by atoms with Crippen LogP contribution in [0.5, 0.6) is 5.75 Å². The van der Waals surface area contributed by atoms with E-state index in [4.69, 9.17) is 4.74 Å². The summed E-state index contributed by atoms with van der Waals surface area (Å²) in [5.74, 6) is 0.557. The Morgan fingerprint density at radius 1 is 0.370 bits per heavy atom. The monoisotopic (exact) mass is 641 g/mol. The number of carbonyl (C=O) groups excluding carboxylic acids is 1. The van der Waals surface area contributed by atoms with Gasteiger partial charge in [0.2, 0.25) is 0 Å². The summed E-state index contributed by atoms with van der Waals surface area (Å²) in [4.78, 5) is 11.9. The third-order valence-electron chi connectivity index (χ3n) is 9.96. The molecule has 1 rings (SSSR count). The molecule has 0 saturated heterocycles. The molecule has 2 nitrogen and oxygen atoms in total. The van der Waals surface area contributed by atoms with Gasteiger partial charge in [-0.2, -0.15) is 0 Å². The Kier molecular flexibility index (Phi) is 33.9. The van der Waals surface area contributed by atoms with Crippen LogP contribution in [0.25, 0.3) is 0 Å². The number of hydrogen-bond acceptors (Lipinski definition) is 2. The lowest BCUT2D eigenvalue weighted by Gasteiger charge is -2.05. The average molecular weight is 641 g/mol. The maximum atomic E-state index is 11.9. The molecule has 0 amide bonds. The molecule has 0 atom stereocenters. The van der Waals surface area contributed by atoms with Crippen molar-refractivity contribution >= 4 is 5.97 Å². The molecule has 2 heteroatoms. The van der Waals surface area contributed by atoms with E-state index in [1.807, 2.05) is 30.3 Å². The summed E-state index contributed by atoms with van der Waals surface area (Å²) in [6, 6.07) is 9.40. The van der Waals surface area contributed by atoms with Crippen molar-refractivity contribution in [3.05, 3.63) is 30.3 Å². The van der Waals surface area contributed by atoms with E-state index in [0.717, 1.165) is 12.8 Å². The van der Waals surface area contributed by atoms with Crippen molar-refractivity contribution in [1.29, 1.82) is 0 Å². The molecule has 0 aliphatic carbocycles. The summed E-state index contributed by atoms with van der Waals surface area (Å²) in [7, 11) is 0. The highest BCUT2D eigenvalue weighted by Crippen LogP contribution is 2.17. The highest BCUT2D eigenvalue weighted by atomic mass is 16.5. The second-order valence-electron chi connectivity index (χ2n) is 14.6. The Bertz CT molecular complexity index is 714. The minimum atomic E-state index is -0.0998. The fourth-order valence-corrected chi connectivity index (χ4v) is 6.85. The minimum absolute atomic E-state index is 0.0998. The van der Waals surface area contributed by atoms with Crippen LogP contribution in [0.15, 0.2) is 30.3 Å². The van der Waals surface area contributed by atoms with Crippen LogP contribution in [0.2, 0.25) is 0 Å². The summed E-state index contributed by atoms with van der Waals surface area (Å²) >= 11 is 0. The van der Waals surface area contributed by atoms with Gasteiger partial charge in [0.25, 0.3) is 0 Å². The Balaban J connectivity index is 1.63. The zero-order valence-electron chi connectivity index (χ0n) is 31.2. The van der Waals surface area contributed by atoms with E-state index in [0.29, 0.717) is 12.2 Å². The molecule has 0 fully saturated rings. The molecule has 268 valence electrons. The van der Waals surface area contributed by atoms with Gasteiger partial charge in [0.05, 0.1) is 0 Å². The summed E-state index contributed by atoms with van der Waals surface area (Å²) in [5.41, 5.74) is 0. The minimum Gasteiger partial charge on any atom is -0.427 e. The molecule has 0 saturated carbocycles. The van der Waals surface area contributed by atoms with Crippen LogP contribution in [-0.4, -0.2) is 5.97 Å². The first-order valence-corrected chi connectivity index (χ1v) is 21.1. The molecular weight excluding hydrogens is 560 g/mol. The van der Waals surface area contributed by atoms with E-state index in [9.17, 15) is 4.79 Å². The molecule has 0 N–H and O–H groups in total. The lowest BCUT2D eigenvalue weighted by atomic mass is 10.0. The molecule has 0 radical (unpaired) electrons. The van der Waals surface area contributed by atoms with Crippen molar-refractivity contribution in [2.75, 3.05) is 0 Å². The average Bonchev–Trinajstić information content (AvgIpc) is 3.07. The Hall–Kier alpha value is -1.31.